The number of para-hydroxylation sites is 2. The molecule has 1 aliphatic carbocycles. The topological polar surface area (TPSA) is 18.5 Å². The molecule has 0 saturated carbocycles. The number of aryl methyl sites for hydroxylation is 4. The lowest BCUT2D eigenvalue weighted by Gasteiger charge is -2.19. The normalized spacial score (nSPS) is 13.7. The molecular weight excluding hydrogens is 248 g/mol. The molecule has 20 heavy (non-hydrogen) atoms. The lowest BCUT2D eigenvalue weighted by Crippen LogP contribution is -2.06. The molecule has 0 atom stereocenters. The maximum Gasteiger partial charge on any atom is 0.125 e. The first-order valence-electron chi connectivity index (χ1n) is 7.13. The number of hydrogen-bond donors (Lipinski definition) is 0. The van der Waals surface area contributed by atoms with Gasteiger partial charge < -0.3 is 9.47 Å². The summed E-state index contributed by atoms with van der Waals surface area (Å²) in [4.78, 5) is 0. The van der Waals surface area contributed by atoms with Crippen LogP contribution in [0.5, 0.6) is 11.5 Å². The molecule has 2 aromatic rings. The van der Waals surface area contributed by atoms with Gasteiger partial charge in [0.1, 0.15) is 11.5 Å². The summed E-state index contributed by atoms with van der Waals surface area (Å²) in [5.74, 6) is 2.13. The summed E-state index contributed by atoms with van der Waals surface area (Å²) in [5, 5.41) is 0. The molecule has 3 rings (SSSR count). The maximum atomic E-state index is 5.64. The summed E-state index contributed by atoms with van der Waals surface area (Å²) in [7, 11) is 3.54. The highest BCUT2D eigenvalue weighted by Crippen LogP contribution is 2.32. The molecule has 0 fully saturated rings. The highest BCUT2D eigenvalue weighted by molar-refractivity contribution is 5.47. The van der Waals surface area contributed by atoms with Gasteiger partial charge in [0, 0.05) is 0 Å². The minimum Gasteiger partial charge on any atom is -0.496 e. The SMILES string of the molecule is COc1c2cccc1CCc1cccc(c1OC)CC2. The number of fused-ring (bicyclic) bond motifs is 4. The first kappa shape index (κ1) is 13.0. The number of methoxy groups -OCH3 is 2. The molecule has 0 aliphatic heterocycles. The highest BCUT2D eigenvalue weighted by Gasteiger charge is 2.15. The second-order valence-electron chi connectivity index (χ2n) is 5.22. The monoisotopic (exact) mass is 268 g/mol. The lowest BCUT2D eigenvalue weighted by molar-refractivity contribution is 0.397. The molecule has 0 saturated heterocycles. The average molecular weight is 268 g/mol. The Hall–Kier alpha value is -1.96. The number of ether oxygens (including phenoxy) is 2. The predicted octanol–water partition coefficient (Wildman–Crippen LogP) is 3.59. The quantitative estimate of drug-likeness (QED) is 0.828. The third kappa shape index (κ3) is 2.26. The predicted molar refractivity (Wildman–Crippen MR) is 80.8 cm³/mol. The van der Waals surface area contributed by atoms with E-state index in [2.05, 4.69) is 36.4 Å². The van der Waals surface area contributed by atoms with Crippen LogP contribution in [0, 0.1) is 0 Å². The number of benzene rings is 2. The molecule has 0 radical (unpaired) electrons. The van der Waals surface area contributed by atoms with Crippen LogP contribution in [0.2, 0.25) is 0 Å². The smallest absolute Gasteiger partial charge is 0.125 e. The summed E-state index contributed by atoms with van der Waals surface area (Å²) in [6.07, 6.45) is 3.93. The van der Waals surface area contributed by atoms with Crippen molar-refractivity contribution in [3.63, 3.8) is 0 Å². The van der Waals surface area contributed by atoms with Gasteiger partial charge in [-0.25, -0.2) is 0 Å². The maximum absolute atomic E-state index is 5.64. The molecule has 0 unspecified atom stereocenters. The minimum atomic E-state index is 0.983. The Kier molecular flexibility index (Phi) is 3.64. The van der Waals surface area contributed by atoms with Crippen LogP contribution in [0.4, 0.5) is 0 Å². The van der Waals surface area contributed by atoms with Crippen molar-refractivity contribution in [2.24, 2.45) is 0 Å². The van der Waals surface area contributed by atoms with Gasteiger partial charge in [0.25, 0.3) is 0 Å². The third-order valence-electron chi connectivity index (χ3n) is 4.09. The van der Waals surface area contributed by atoms with E-state index >= 15 is 0 Å². The van der Waals surface area contributed by atoms with Crippen molar-refractivity contribution < 1.29 is 9.47 Å². The molecule has 1 aliphatic rings. The Morgan fingerprint density at radius 2 is 0.900 bits per heavy atom. The van der Waals surface area contributed by atoms with Crippen LogP contribution < -0.4 is 9.47 Å². The minimum absolute atomic E-state index is 0.983. The Balaban J connectivity index is 2.06. The summed E-state index contributed by atoms with van der Waals surface area (Å²) < 4.78 is 11.3. The van der Waals surface area contributed by atoms with Crippen LogP contribution in [0.3, 0.4) is 0 Å². The fraction of sp³-hybridized carbons (Fsp3) is 0.333. The molecule has 0 spiro atoms. The van der Waals surface area contributed by atoms with E-state index in [1.54, 1.807) is 14.2 Å². The molecule has 4 bridgehead atoms. The molecule has 104 valence electrons. The molecule has 0 aromatic heterocycles. The van der Waals surface area contributed by atoms with Crippen molar-refractivity contribution in [1.29, 1.82) is 0 Å². The fourth-order valence-electron chi connectivity index (χ4n) is 3.13. The molecule has 0 N–H and O–H groups in total. The highest BCUT2D eigenvalue weighted by atomic mass is 16.5. The van der Waals surface area contributed by atoms with E-state index in [4.69, 9.17) is 9.47 Å². The molecule has 0 amide bonds. The van der Waals surface area contributed by atoms with E-state index < -0.39 is 0 Å². The molecular formula is C18H20O2. The Morgan fingerprint density at radius 3 is 1.15 bits per heavy atom. The van der Waals surface area contributed by atoms with Crippen molar-refractivity contribution in [2.75, 3.05) is 14.2 Å². The van der Waals surface area contributed by atoms with Crippen molar-refractivity contribution >= 4 is 0 Å². The van der Waals surface area contributed by atoms with Gasteiger partial charge in [-0.1, -0.05) is 36.4 Å². The van der Waals surface area contributed by atoms with Gasteiger partial charge in [0.15, 0.2) is 0 Å². The second kappa shape index (κ2) is 5.58. The van der Waals surface area contributed by atoms with E-state index in [9.17, 15) is 0 Å². The zero-order valence-corrected chi connectivity index (χ0v) is 12.1. The molecule has 0 heterocycles. The van der Waals surface area contributed by atoms with Crippen molar-refractivity contribution in [3.8, 4) is 11.5 Å². The first-order valence-corrected chi connectivity index (χ1v) is 7.13. The van der Waals surface area contributed by atoms with Crippen LogP contribution in [0.1, 0.15) is 22.3 Å². The average Bonchev–Trinajstić information content (AvgIpc) is 2.49. The van der Waals surface area contributed by atoms with E-state index in [0.717, 1.165) is 37.2 Å². The van der Waals surface area contributed by atoms with Crippen LogP contribution in [0.25, 0.3) is 0 Å². The number of rotatable bonds is 2. The van der Waals surface area contributed by atoms with Crippen LogP contribution in [0.15, 0.2) is 36.4 Å². The first-order chi connectivity index (χ1) is 9.83. The Bertz CT molecular complexity index is 517. The van der Waals surface area contributed by atoms with Crippen molar-refractivity contribution in [2.45, 2.75) is 25.7 Å². The zero-order valence-electron chi connectivity index (χ0n) is 12.1. The van der Waals surface area contributed by atoms with Gasteiger partial charge in [-0.2, -0.15) is 0 Å². The van der Waals surface area contributed by atoms with Gasteiger partial charge in [-0.15, -0.1) is 0 Å². The fourth-order valence-corrected chi connectivity index (χ4v) is 3.13. The summed E-state index contributed by atoms with van der Waals surface area (Å²) in [6.45, 7) is 0. The van der Waals surface area contributed by atoms with Gasteiger partial charge in [0.2, 0.25) is 0 Å². The zero-order chi connectivity index (χ0) is 13.9. The standard InChI is InChI=1S/C18H20O2/c1-19-17-13-5-3-6-14(17)10-12-16-8-4-7-15(11-9-13)18(16)20-2/h3-8H,9-12H2,1-2H3. The molecule has 2 heteroatoms. The van der Waals surface area contributed by atoms with Gasteiger partial charge in [-0.3, -0.25) is 0 Å². The molecule has 2 nitrogen and oxygen atoms in total. The van der Waals surface area contributed by atoms with Crippen LogP contribution in [-0.4, -0.2) is 14.2 Å². The van der Waals surface area contributed by atoms with E-state index in [-0.39, 0.29) is 0 Å². The largest absolute Gasteiger partial charge is 0.496 e. The van der Waals surface area contributed by atoms with E-state index in [0.29, 0.717) is 0 Å². The summed E-state index contributed by atoms with van der Waals surface area (Å²) in [6, 6.07) is 12.9. The number of hydrogen-bond acceptors (Lipinski definition) is 2. The van der Waals surface area contributed by atoms with E-state index in [1.165, 1.54) is 22.3 Å². The lowest BCUT2D eigenvalue weighted by atomic mass is 9.93. The van der Waals surface area contributed by atoms with Crippen molar-refractivity contribution in [1.82, 2.24) is 0 Å². The Morgan fingerprint density at radius 1 is 0.600 bits per heavy atom. The van der Waals surface area contributed by atoms with Crippen LogP contribution in [-0.2, 0) is 25.7 Å². The van der Waals surface area contributed by atoms with Crippen LogP contribution >= 0.6 is 0 Å². The van der Waals surface area contributed by atoms with Gasteiger partial charge >= 0.3 is 0 Å². The van der Waals surface area contributed by atoms with Gasteiger partial charge in [0.05, 0.1) is 14.2 Å². The van der Waals surface area contributed by atoms with E-state index in [1.807, 2.05) is 0 Å². The third-order valence-corrected chi connectivity index (χ3v) is 4.09. The Labute approximate surface area is 120 Å². The summed E-state index contributed by atoms with van der Waals surface area (Å²) in [5.41, 5.74) is 5.16. The van der Waals surface area contributed by atoms with Gasteiger partial charge in [-0.05, 0) is 47.9 Å². The summed E-state index contributed by atoms with van der Waals surface area (Å²) >= 11 is 0. The van der Waals surface area contributed by atoms with Crippen molar-refractivity contribution in [3.05, 3.63) is 58.7 Å². The second-order valence-corrected chi connectivity index (χ2v) is 5.22. The molecule has 2 aromatic carbocycles.